The van der Waals surface area contributed by atoms with Gasteiger partial charge in [0.1, 0.15) is 12.4 Å². The molecule has 1 aliphatic carbocycles. The first kappa shape index (κ1) is 28.8. The molecule has 0 unspecified atom stereocenters. The van der Waals surface area contributed by atoms with Crippen molar-refractivity contribution < 1.29 is 9.18 Å². The maximum atomic E-state index is 13.8. The van der Waals surface area contributed by atoms with Crippen LogP contribution in [-0.4, -0.2) is 52.4 Å². The Hall–Kier alpha value is -3.23. The fourth-order valence-electron chi connectivity index (χ4n) is 4.70. The van der Waals surface area contributed by atoms with Gasteiger partial charge in [0.15, 0.2) is 5.16 Å². The molecule has 1 aromatic heterocycles. The lowest BCUT2D eigenvalue weighted by Gasteiger charge is -2.26. The summed E-state index contributed by atoms with van der Waals surface area (Å²) in [4.78, 5) is 35.0. The van der Waals surface area contributed by atoms with E-state index in [1.54, 1.807) is 12.1 Å². The van der Waals surface area contributed by atoms with Crippen LogP contribution in [0.4, 0.5) is 4.39 Å². The standard InChI is InChI=1S/C31H37FN4O2S/c1-5-22(2)25-13-9-23(10-14-25)19-35(18-17-34(3)4)29(37)20-36-28-8-6-7-27(28)30(38)33-31(36)39-21-24-11-15-26(32)16-12-24/h5,9-16H,6-8,17-21H2,1-4H3. The highest BCUT2D eigenvalue weighted by atomic mass is 32.2. The van der Waals surface area contributed by atoms with Crippen molar-refractivity contribution in [3.8, 4) is 0 Å². The minimum absolute atomic E-state index is 0.00579. The lowest BCUT2D eigenvalue weighted by atomic mass is 10.1. The second kappa shape index (κ2) is 13.2. The lowest BCUT2D eigenvalue weighted by molar-refractivity contribution is -0.132. The van der Waals surface area contributed by atoms with Crippen molar-refractivity contribution in [3.05, 3.63) is 98.7 Å². The number of halogens is 1. The van der Waals surface area contributed by atoms with Crippen molar-refractivity contribution in [2.24, 2.45) is 0 Å². The fourth-order valence-corrected chi connectivity index (χ4v) is 5.66. The summed E-state index contributed by atoms with van der Waals surface area (Å²) in [6.07, 6.45) is 4.42. The zero-order valence-corrected chi connectivity index (χ0v) is 24.1. The molecule has 8 heteroatoms. The van der Waals surface area contributed by atoms with Crippen LogP contribution in [0.15, 0.2) is 64.6 Å². The van der Waals surface area contributed by atoms with E-state index in [1.165, 1.54) is 35.0 Å². The van der Waals surface area contributed by atoms with E-state index in [1.807, 2.05) is 30.5 Å². The molecule has 2 aromatic carbocycles. The van der Waals surface area contributed by atoms with Crippen LogP contribution >= 0.6 is 11.8 Å². The number of benzene rings is 2. The summed E-state index contributed by atoms with van der Waals surface area (Å²) in [7, 11) is 4.00. The van der Waals surface area contributed by atoms with Gasteiger partial charge in [-0.05, 0) is 81.6 Å². The molecule has 39 heavy (non-hydrogen) atoms. The van der Waals surface area contributed by atoms with Crippen LogP contribution < -0.4 is 5.56 Å². The van der Waals surface area contributed by atoms with Crippen LogP contribution in [-0.2, 0) is 36.5 Å². The molecule has 0 atom stereocenters. The van der Waals surface area contributed by atoms with Gasteiger partial charge in [-0.25, -0.2) is 4.39 Å². The Morgan fingerprint density at radius 2 is 1.74 bits per heavy atom. The van der Waals surface area contributed by atoms with E-state index in [0.717, 1.165) is 41.8 Å². The van der Waals surface area contributed by atoms with Crippen LogP contribution in [0.3, 0.4) is 0 Å². The number of fused-ring (bicyclic) bond motifs is 1. The zero-order valence-electron chi connectivity index (χ0n) is 23.2. The lowest BCUT2D eigenvalue weighted by Crippen LogP contribution is -2.39. The number of carbonyl (C=O) groups is 1. The summed E-state index contributed by atoms with van der Waals surface area (Å²) in [5.74, 6) is 0.238. The topological polar surface area (TPSA) is 58.4 Å². The second-order valence-corrected chi connectivity index (χ2v) is 11.2. The van der Waals surface area contributed by atoms with E-state index in [4.69, 9.17) is 0 Å². The number of nitrogens with zero attached hydrogens (tertiary/aromatic N) is 4. The van der Waals surface area contributed by atoms with Crippen molar-refractivity contribution in [2.45, 2.75) is 57.1 Å². The first-order valence-electron chi connectivity index (χ1n) is 13.4. The number of amides is 1. The van der Waals surface area contributed by atoms with E-state index in [9.17, 15) is 14.0 Å². The number of hydrogen-bond donors (Lipinski definition) is 0. The summed E-state index contributed by atoms with van der Waals surface area (Å²) in [6.45, 7) is 6.09. The average Bonchev–Trinajstić information content (AvgIpc) is 3.43. The van der Waals surface area contributed by atoms with Crippen molar-refractivity contribution in [1.29, 1.82) is 0 Å². The predicted molar refractivity (Wildman–Crippen MR) is 156 cm³/mol. The van der Waals surface area contributed by atoms with E-state index < -0.39 is 0 Å². The van der Waals surface area contributed by atoms with Gasteiger partial charge in [0.25, 0.3) is 5.56 Å². The molecule has 3 aromatic rings. The molecule has 0 saturated heterocycles. The Balaban J connectivity index is 1.58. The van der Waals surface area contributed by atoms with Crippen molar-refractivity contribution in [1.82, 2.24) is 19.4 Å². The number of hydrogen-bond acceptors (Lipinski definition) is 5. The molecule has 0 aliphatic heterocycles. The maximum Gasteiger partial charge on any atom is 0.277 e. The van der Waals surface area contributed by atoms with Crippen LogP contribution in [0.5, 0.6) is 0 Å². The molecule has 0 bridgehead atoms. The summed E-state index contributed by atoms with van der Waals surface area (Å²) in [6, 6.07) is 14.7. The third-order valence-electron chi connectivity index (χ3n) is 7.16. The van der Waals surface area contributed by atoms with Crippen molar-refractivity contribution >= 4 is 23.2 Å². The van der Waals surface area contributed by atoms with Gasteiger partial charge in [0, 0.05) is 36.6 Å². The van der Waals surface area contributed by atoms with Crippen molar-refractivity contribution in [3.63, 3.8) is 0 Å². The van der Waals surface area contributed by atoms with Gasteiger partial charge in [-0.2, -0.15) is 4.98 Å². The first-order valence-corrected chi connectivity index (χ1v) is 14.4. The van der Waals surface area contributed by atoms with Crippen LogP contribution in [0.1, 0.15) is 48.2 Å². The van der Waals surface area contributed by atoms with Gasteiger partial charge in [0.05, 0.1) is 0 Å². The highest BCUT2D eigenvalue weighted by molar-refractivity contribution is 7.98. The Bertz CT molecular complexity index is 1380. The average molecular weight is 549 g/mol. The zero-order chi connectivity index (χ0) is 27.9. The number of rotatable bonds is 11. The molecule has 0 radical (unpaired) electrons. The number of allylic oxidation sites excluding steroid dienone is 2. The SMILES string of the molecule is CC=C(C)c1ccc(CN(CCN(C)C)C(=O)Cn2c(SCc3ccc(F)cc3)nc(=O)c3c2CCC3)cc1. The van der Waals surface area contributed by atoms with Gasteiger partial charge in [-0.3, -0.25) is 9.59 Å². The van der Waals surface area contributed by atoms with Crippen LogP contribution in [0.2, 0.25) is 0 Å². The largest absolute Gasteiger partial charge is 0.336 e. The number of thioether (sulfide) groups is 1. The minimum atomic E-state index is -0.286. The summed E-state index contributed by atoms with van der Waals surface area (Å²) in [5, 5.41) is 0.539. The summed E-state index contributed by atoms with van der Waals surface area (Å²) < 4.78 is 15.3. The highest BCUT2D eigenvalue weighted by Crippen LogP contribution is 2.27. The number of likely N-dealkylation sites (N-methyl/N-ethyl adjacent to an activating group) is 1. The monoisotopic (exact) mass is 548 g/mol. The third-order valence-corrected chi connectivity index (χ3v) is 8.21. The molecule has 0 saturated carbocycles. The van der Waals surface area contributed by atoms with Crippen LogP contribution in [0.25, 0.3) is 5.57 Å². The molecule has 1 amide bonds. The second-order valence-electron chi connectivity index (χ2n) is 10.3. The summed E-state index contributed by atoms with van der Waals surface area (Å²) >= 11 is 1.41. The fraction of sp³-hybridized carbons (Fsp3) is 0.387. The minimum Gasteiger partial charge on any atom is -0.336 e. The molecule has 0 N–H and O–H groups in total. The van der Waals surface area contributed by atoms with E-state index in [-0.39, 0.29) is 23.8 Å². The van der Waals surface area contributed by atoms with Crippen LogP contribution in [0, 0.1) is 5.82 Å². The van der Waals surface area contributed by atoms with Gasteiger partial charge >= 0.3 is 0 Å². The predicted octanol–water partition coefficient (Wildman–Crippen LogP) is 5.18. The quantitative estimate of drug-likeness (QED) is 0.244. The molecule has 4 rings (SSSR count). The van der Waals surface area contributed by atoms with Gasteiger partial charge in [-0.1, -0.05) is 54.2 Å². The Labute approximate surface area is 234 Å². The number of carbonyl (C=O) groups excluding carboxylic acids is 1. The molecular formula is C31H37FN4O2S. The smallest absolute Gasteiger partial charge is 0.277 e. The highest BCUT2D eigenvalue weighted by Gasteiger charge is 2.25. The maximum absolute atomic E-state index is 13.8. The molecule has 0 fully saturated rings. The van der Waals surface area contributed by atoms with E-state index in [2.05, 4.69) is 47.1 Å². The van der Waals surface area contributed by atoms with Gasteiger partial charge < -0.3 is 14.4 Å². The molecule has 1 aliphatic rings. The molecule has 6 nitrogen and oxygen atoms in total. The molecule has 0 spiro atoms. The molecular weight excluding hydrogens is 511 g/mol. The Kier molecular flexibility index (Phi) is 9.75. The van der Waals surface area contributed by atoms with Gasteiger partial charge in [0.2, 0.25) is 5.91 Å². The Morgan fingerprint density at radius 1 is 1.05 bits per heavy atom. The third kappa shape index (κ3) is 7.46. The Morgan fingerprint density at radius 3 is 2.41 bits per heavy atom. The van der Waals surface area contributed by atoms with E-state index >= 15 is 0 Å². The molecule has 206 valence electrons. The first-order chi connectivity index (χ1) is 18.7. The number of aromatic nitrogens is 2. The molecule has 1 heterocycles. The van der Waals surface area contributed by atoms with Gasteiger partial charge in [-0.15, -0.1) is 0 Å². The summed E-state index contributed by atoms with van der Waals surface area (Å²) in [5.41, 5.74) is 5.83. The van der Waals surface area contributed by atoms with Crippen molar-refractivity contribution in [2.75, 3.05) is 27.2 Å². The van der Waals surface area contributed by atoms with E-state index in [0.29, 0.717) is 30.4 Å². The normalized spacial score (nSPS) is 13.1.